The van der Waals surface area contributed by atoms with Crippen LogP contribution in [0.25, 0.3) is 0 Å². The second kappa shape index (κ2) is 11.2. The zero-order valence-corrected chi connectivity index (χ0v) is 18.6. The van der Waals surface area contributed by atoms with Crippen LogP contribution in [-0.4, -0.2) is 35.4 Å². The van der Waals surface area contributed by atoms with Crippen molar-refractivity contribution >= 4 is 35.0 Å². The van der Waals surface area contributed by atoms with Crippen LogP contribution < -0.4 is 10.1 Å². The van der Waals surface area contributed by atoms with Crippen molar-refractivity contribution in [3.8, 4) is 5.75 Å². The minimum atomic E-state index is -0.700. The van der Waals surface area contributed by atoms with Gasteiger partial charge in [-0.2, -0.15) is 0 Å². The van der Waals surface area contributed by atoms with Crippen molar-refractivity contribution < 1.29 is 18.7 Å². The first-order chi connectivity index (χ1) is 14.2. The number of carbonyl (C=O) groups is 2. The Morgan fingerprint density at radius 3 is 2.37 bits per heavy atom. The molecule has 2 rings (SSSR count). The maximum Gasteiger partial charge on any atom is 0.261 e. The topological polar surface area (TPSA) is 58.6 Å². The molecule has 5 nitrogen and oxygen atoms in total. The van der Waals surface area contributed by atoms with Gasteiger partial charge in [0.05, 0.1) is 5.02 Å². The Labute approximate surface area is 186 Å². The van der Waals surface area contributed by atoms with Crippen LogP contribution in [0.5, 0.6) is 5.75 Å². The van der Waals surface area contributed by atoms with Crippen LogP contribution in [0, 0.1) is 5.82 Å². The van der Waals surface area contributed by atoms with Gasteiger partial charge in [-0.3, -0.25) is 9.59 Å². The van der Waals surface area contributed by atoms with Crippen LogP contribution >= 0.6 is 23.2 Å². The van der Waals surface area contributed by atoms with Crippen molar-refractivity contribution in [2.24, 2.45) is 0 Å². The number of nitrogens with one attached hydrogen (secondary N) is 1. The van der Waals surface area contributed by atoms with Gasteiger partial charge in [-0.15, -0.1) is 0 Å². The van der Waals surface area contributed by atoms with Crippen molar-refractivity contribution in [2.45, 2.75) is 45.8 Å². The Kier molecular flexibility index (Phi) is 8.93. The van der Waals surface area contributed by atoms with Crippen molar-refractivity contribution in [3.63, 3.8) is 0 Å². The molecule has 2 aromatic rings. The molecule has 30 heavy (non-hydrogen) atoms. The fraction of sp³-hybridized carbons (Fsp3) is 0.364. The quantitative estimate of drug-likeness (QED) is 0.589. The Hall–Kier alpha value is -2.31. The van der Waals surface area contributed by atoms with Crippen molar-refractivity contribution in [1.29, 1.82) is 0 Å². The minimum Gasteiger partial charge on any atom is -0.482 e. The van der Waals surface area contributed by atoms with E-state index in [0.717, 1.165) is 0 Å². The fourth-order valence-electron chi connectivity index (χ4n) is 2.90. The molecule has 0 spiro atoms. The van der Waals surface area contributed by atoms with Gasteiger partial charge in [0.1, 0.15) is 17.6 Å². The van der Waals surface area contributed by atoms with Crippen LogP contribution in [0.15, 0.2) is 42.5 Å². The van der Waals surface area contributed by atoms with E-state index in [1.807, 2.05) is 20.8 Å². The molecule has 0 aliphatic carbocycles. The average Bonchev–Trinajstić information content (AvgIpc) is 2.68. The van der Waals surface area contributed by atoms with E-state index in [0.29, 0.717) is 22.8 Å². The summed E-state index contributed by atoms with van der Waals surface area (Å²) in [5.74, 6) is -0.707. The number of rotatable bonds is 9. The summed E-state index contributed by atoms with van der Waals surface area (Å²) >= 11 is 12.0. The molecule has 0 unspecified atom stereocenters. The van der Waals surface area contributed by atoms with E-state index in [4.69, 9.17) is 27.9 Å². The van der Waals surface area contributed by atoms with Gasteiger partial charge in [0.15, 0.2) is 6.61 Å². The SMILES string of the molecule is CC[C@H](C(=O)NC(C)C)N(Cc1ccc(F)cc1)C(=O)COc1ccc(Cl)cc1Cl. The zero-order valence-electron chi connectivity index (χ0n) is 17.1. The number of benzene rings is 2. The number of ether oxygens (including phenoxy) is 1. The highest BCUT2D eigenvalue weighted by Crippen LogP contribution is 2.27. The summed E-state index contributed by atoms with van der Waals surface area (Å²) in [4.78, 5) is 27.2. The van der Waals surface area contributed by atoms with Crippen LogP contribution in [0.4, 0.5) is 4.39 Å². The van der Waals surface area contributed by atoms with Crippen LogP contribution in [0.2, 0.25) is 10.0 Å². The van der Waals surface area contributed by atoms with E-state index >= 15 is 0 Å². The van der Waals surface area contributed by atoms with E-state index < -0.39 is 11.9 Å². The van der Waals surface area contributed by atoms with E-state index in [-0.39, 0.29) is 35.9 Å². The third-order valence-corrected chi connectivity index (χ3v) is 4.86. The summed E-state index contributed by atoms with van der Waals surface area (Å²) in [5.41, 5.74) is 0.699. The third-order valence-electron chi connectivity index (χ3n) is 4.33. The lowest BCUT2D eigenvalue weighted by molar-refractivity contribution is -0.143. The number of halogens is 3. The highest BCUT2D eigenvalue weighted by atomic mass is 35.5. The van der Waals surface area contributed by atoms with Gasteiger partial charge in [0.25, 0.3) is 5.91 Å². The molecule has 0 radical (unpaired) electrons. The van der Waals surface area contributed by atoms with Crippen LogP contribution in [0.1, 0.15) is 32.8 Å². The molecule has 0 fully saturated rings. The predicted molar refractivity (Wildman–Crippen MR) is 116 cm³/mol. The summed E-state index contributed by atoms with van der Waals surface area (Å²) in [6.45, 7) is 5.35. The molecule has 162 valence electrons. The monoisotopic (exact) mass is 454 g/mol. The standard InChI is InChI=1S/C22H25Cl2FN2O3/c1-4-19(22(29)26-14(2)3)27(12-15-5-8-17(25)9-6-15)21(28)13-30-20-10-7-16(23)11-18(20)24/h5-11,14,19H,4,12-13H2,1-3H3,(H,26,29)/t19-/m1/s1. The molecule has 1 N–H and O–H groups in total. The lowest BCUT2D eigenvalue weighted by Gasteiger charge is -2.31. The molecular formula is C22H25Cl2FN2O3. The molecule has 1 atom stereocenters. The van der Waals surface area contributed by atoms with Crippen LogP contribution in [-0.2, 0) is 16.1 Å². The zero-order chi connectivity index (χ0) is 22.3. The van der Waals surface area contributed by atoms with Gasteiger partial charge >= 0.3 is 0 Å². The van der Waals surface area contributed by atoms with E-state index in [2.05, 4.69) is 5.32 Å². The summed E-state index contributed by atoms with van der Waals surface area (Å²) < 4.78 is 18.8. The van der Waals surface area contributed by atoms with Gasteiger partial charge in [-0.05, 0) is 56.2 Å². The molecule has 2 amide bonds. The Morgan fingerprint density at radius 1 is 1.13 bits per heavy atom. The Bertz CT molecular complexity index is 875. The normalized spacial score (nSPS) is 11.8. The lowest BCUT2D eigenvalue weighted by Crippen LogP contribution is -2.51. The molecule has 0 aliphatic heterocycles. The van der Waals surface area contributed by atoms with Gasteiger partial charge in [0, 0.05) is 17.6 Å². The van der Waals surface area contributed by atoms with Gasteiger partial charge in [-0.1, -0.05) is 42.3 Å². The number of hydrogen-bond donors (Lipinski definition) is 1. The second-order valence-corrected chi connectivity index (χ2v) is 7.94. The lowest BCUT2D eigenvalue weighted by atomic mass is 10.1. The van der Waals surface area contributed by atoms with Crippen molar-refractivity contribution in [3.05, 3.63) is 63.9 Å². The summed E-state index contributed by atoms with van der Waals surface area (Å²) in [5, 5.41) is 3.58. The highest BCUT2D eigenvalue weighted by molar-refractivity contribution is 6.35. The predicted octanol–water partition coefficient (Wildman–Crippen LogP) is 4.84. The summed E-state index contributed by atoms with van der Waals surface area (Å²) in [6.07, 6.45) is 0.410. The molecule has 2 aromatic carbocycles. The first-order valence-electron chi connectivity index (χ1n) is 9.63. The van der Waals surface area contributed by atoms with E-state index in [9.17, 15) is 14.0 Å². The Balaban J connectivity index is 2.22. The molecule has 0 aromatic heterocycles. The molecule has 0 aliphatic rings. The van der Waals surface area contributed by atoms with Crippen molar-refractivity contribution in [1.82, 2.24) is 10.2 Å². The maximum atomic E-state index is 13.3. The summed E-state index contributed by atoms with van der Waals surface area (Å²) in [6, 6.07) is 9.73. The molecular weight excluding hydrogens is 430 g/mol. The van der Waals surface area contributed by atoms with E-state index in [1.54, 1.807) is 24.3 Å². The minimum absolute atomic E-state index is 0.0709. The summed E-state index contributed by atoms with van der Waals surface area (Å²) in [7, 11) is 0. The number of carbonyl (C=O) groups excluding carboxylic acids is 2. The fourth-order valence-corrected chi connectivity index (χ4v) is 3.36. The van der Waals surface area contributed by atoms with Gasteiger partial charge < -0.3 is 15.0 Å². The molecule has 0 heterocycles. The molecule has 0 bridgehead atoms. The molecule has 0 saturated heterocycles. The smallest absolute Gasteiger partial charge is 0.261 e. The number of hydrogen-bond acceptors (Lipinski definition) is 3. The first kappa shape index (κ1) is 24.0. The maximum absolute atomic E-state index is 13.3. The molecule has 0 saturated carbocycles. The number of nitrogens with zero attached hydrogens (tertiary/aromatic N) is 1. The van der Waals surface area contributed by atoms with E-state index in [1.165, 1.54) is 23.1 Å². The first-order valence-corrected chi connectivity index (χ1v) is 10.4. The third kappa shape index (κ3) is 6.89. The van der Waals surface area contributed by atoms with Crippen molar-refractivity contribution in [2.75, 3.05) is 6.61 Å². The van der Waals surface area contributed by atoms with Gasteiger partial charge in [-0.25, -0.2) is 4.39 Å². The Morgan fingerprint density at radius 2 is 1.80 bits per heavy atom. The largest absolute Gasteiger partial charge is 0.482 e. The molecule has 8 heteroatoms. The average molecular weight is 455 g/mol. The van der Waals surface area contributed by atoms with Gasteiger partial charge in [0.2, 0.25) is 5.91 Å². The highest BCUT2D eigenvalue weighted by Gasteiger charge is 2.29. The van der Waals surface area contributed by atoms with Crippen LogP contribution in [0.3, 0.4) is 0 Å². The second-order valence-electron chi connectivity index (χ2n) is 7.10. The number of amides is 2.